The molecule has 1 aromatic heterocycles. The van der Waals surface area contributed by atoms with Gasteiger partial charge in [0.2, 0.25) is 5.91 Å². The van der Waals surface area contributed by atoms with Crippen molar-refractivity contribution >= 4 is 34.1 Å². The van der Waals surface area contributed by atoms with E-state index in [9.17, 15) is 9.59 Å². The Kier molecular flexibility index (Phi) is 4.34. The minimum atomic E-state index is -0.416. The molecule has 2 aliphatic heterocycles. The van der Waals surface area contributed by atoms with Crippen LogP contribution in [0.1, 0.15) is 6.42 Å². The number of carbonyl (C=O) groups excluding carboxylic acids is 2. The summed E-state index contributed by atoms with van der Waals surface area (Å²) in [5.41, 5.74) is 1.70. The summed E-state index contributed by atoms with van der Waals surface area (Å²) in [6.45, 7) is 4.02. The van der Waals surface area contributed by atoms with Gasteiger partial charge < -0.3 is 15.0 Å². The molecule has 136 valence electrons. The standard InChI is InChI=1S/C18H21N5O3/c1-26-17-13-10-20-11-15(23-7-4-16(24)21-18(23)25)12(13)2-3-14(17)22-8-5-19-6-9-22/h2-3,10-11,19H,4-9H2,1H3,(H,21,24,25). The predicted molar refractivity (Wildman–Crippen MR) is 98.9 cm³/mol. The van der Waals surface area contributed by atoms with E-state index < -0.39 is 6.03 Å². The lowest BCUT2D eigenvalue weighted by atomic mass is 10.1. The van der Waals surface area contributed by atoms with Gasteiger partial charge in [0.05, 0.1) is 24.7 Å². The Morgan fingerprint density at radius 3 is 2.58 bits per heavy atom. The lowest BCUT2D eigenvalue weighted by Gasteiger charge is -2.31. The van der Waals surface area contributed by atoms with E-state index in [1.54, 1.807) is 24.4 Å². The SMILES string of the molecule is COc1c(N2CCNCC2)ccc2c(N3CCC(=O)NC3=O)cncc12. The number of urea groups is 1. The molecular weight excluding hydrogens is 334 g/mol. The minimum Gasteiger partial charge on any atom is -0.494 e. The predicted octanol–water partition coefficient (Wildman–Crippen LogP) is 1.10. The number of hydrogen-bond acceptors (Lipinski definition) is 6. The fraction of sp³-hybridized carbons (Fsp3) is 0.389. The van der Waals surface area contributed by atoms with Crippen molar-refractivity contribution in [2.75, 3.05) is 49.6 Å². The fourth-order valence-corrected chi connectivity index (χ4v) is 3.57. The highest BCUT2D eigenvalue weighted by atomic mass is 16.5. The molecule has 0 spiro atoms. The van der Waals surface area contributed by atoms with Crippen molar-refractivity contribution < 1.29 is 14.3 Å². The van der Waals surface area contributed by atoms with Crippen molar-refractivity contribution in [3.05, 3.63) is 24.5 Å². The Hall–Kier alpha value is -2.87. The molecule has 0 aliphatic carbocycles. The van der Waals surface area contributed by atoms with Crippen LogP contribution in [0.15, 0.2) is 24.5 Å². The number of anilines is 2. The van der Waals surface area contributed by atoms with E-state index in [4.69, 9.17) is 4.74 Å². The zero-order chi connectivity index (χ0) is 18.1. The Balaban J connectivity index is 1.79. The van der Waals surface area contributed by atoms with Gasteiger partial charge in [-0.15, -0.1) is 0 Å². The van der Waals surface area contributed by atoms with Gasteiger partial charge in [-0.3, -0.25) is 20.0 Å². The zero-order valence-electron chi connectivity index (χ0n) is 14.6. The smallest absolute Gasteiger partial charge is 0.328 e. The van der Waals surface area contributed by atoms with E-state index in [2.05, 4.69) is 20.5 Å². The van der Waals surface area contributed by atoms with Gasteiger partial charge in [-0.2, -0.15) is 0 Å². The van der Waals surface area contributed by atoms with Crippen molar-refractivity contribution in [3.8, 4) is 5.75 Å². The molecule has 8 nitrogen and oxygen atoms in total. The Morgan fingerprint density at radius 2 is 1.85 bits per heavy atom. The number of piperazine rings is 1. The number of imide groups is 1. The summed E-state index contributed by atoms with van der Waals surface area (Å²) in [7, 11) is 1.65. The number of pyridine rings is 1. The van der Waals surface area contributed by atoms with Gasteiger partial charge in [0.15, 0.2) is 5.75 Å². The number of carbonyl (C=O) groups is 2. The molecule has 2 fully saturated rings. The van der Waals surface area contributed by atoms with Crippen LogP contribution in [0.25, 0.3) is 10.8 Å². The number of amides is 3. The second kappa shape index (κ2) is 6.80. The van der Waals surface area contributed by atoms with Gasteiger partial charge in [-0.25, -0.2) is 4.79 Å². The summed E-state index contributed by atoms with van der Waals surface area (Å²) in [4.78, 5) is 31.8. The van der Waals surface area contributed by atoms with Crippen LogP contribution in [0, 0.1) is 0 Å². The highest BCUT2D eigenvalue weighted by Crippen LogP contribution is 2.39. The average molecular weight is 355 g/mol. The van der Waals surface area contributed by atoms with E-state index >= 15 is 0 Å². The topological polar surface area (TPSA) is 86.8 Å². The summed E-state index contributed by atoms with van der Waals surface area (Å²) >= 11 is 0. The van der Waals surface area contributed by atoms with Gasteiger partial charge in [0.25, 0.3) is 0 Å². The van der Waals surface area contributed by atoms with Crippen LogP contribution in [0.5, 0.6) is 5.75 Å². The van der Waals surface area contributed by atoms with Crippen molar-refractivity contribution in [1.82, 2.24) is 15.6 Å². The van der Waals surface area contributed by atoms with Crippen LogP contribution >= 0.6 is 0 Å². The number of hydrogen-bond donors (Lipinski definition) is 2. The Labute approximate surface area is 151 Å². The normalized spacial score (nSPS) is 18.2. The molecule has 3 amide bonds. The van der Waals surface area contributed by atoms with E-state index in [-0.39, 0.29) is 12.3 Å². The second-order valence-corrected chi connectivity index (χ2v) is 6.36. The average Bonchev–Trinajstić information content (AvgIpc) is 2.67. The van der Waals surface area contributed by atoms with E-state index in [0.29, 0.717) is 12.2 Å². The van der Waals surface area contributed by atoms with Gasteiger partial charge in [-0.1, -0.05) is 0 Å². The summed E-state index contributed by atoms with van der Waals surface area (Å²) < 4.78 is 5.72. The van der Waals surface area contributed by atoms with Crippen LogP contribution < -0.4 is 25.2 Å². The number of nitrogens with one attached hydrogen (secondary N) is 2. The number of benzene rings is 1. The number of rotatable bonds is 3. The van der Waals surface area contributed by atoms with E-state index in [0.717, 1.165) is 48.4 Å². The summed E-state index contributed by atoms with van der Waals surface area (Å²) in [5, 5.41) is 7.43. The van der Waals surface area contributed by atoms with E-state index in [1.807, 2.05) is 12.1 Å². The molecule has 0 saturated carbocycles. The Bertz CT molecular complexity index is 863. The van der Waals surface area contributed by atoms with Gasteiger partial charge in [-0.05, 0) is 12.1 Å². The molecule has 4 rings (SSSR count). The maximum atomic E-state index is 12.2. The van der Waals surface area contributed by atoms with Crippen LogP contribution in [0.2, 0.25) is 0 Å². The number of fused-ring (bicyclic) bond motifs is 1. The number of ether oxygens (including phenoxy) is 1. The first-order chi connectivity index (χ1) is 12.7. The molecule has 0 atom stereocenters. The molecule has 1 aromatic carbocycles. The third kappa shape index (κ3) is 2.82. The van der Waals surface area contributed by atoms with Crippen molar-refractivity contribution in [2.24, 2.45) is 0 Å². The molecular formula is C18H21N5O3. The minimum absolute atomic E-state index is 0.252. The quantitative estimate of drug-likeness (QED) is 0.857. The summed E-state index contributed by atoms with van der Waals surface area (Å²) in [6, 6.07) is 3.61. The van der Waals surface area contributed by atoms with Crippen LogP contribution in [0.3, 0.4) is 0 Å². The molecule has 2 aromatic rings. The highest BCUT2D eigenvalue weighted by Gasteiger charge is 2.27. The number of methoxy groups -OCH3 is 1. The van der Waals surface area contributed by atoms with Crippen LogP contribution in [0.4, 0.5) is 16.2 Å². The van der Waals surface area contributed by atoms with Gasteiger partial charge >= 0.3 is 6.03 Å². The highest BCUT2D eigenvalue weighted by molar-refractivity contribution is 6.11. The lowest BCUT2D eigenvalue weighted by Crippen LogP contribution is -2.49. The first kappa shape index (κ1) is 16.6. The number of aromatic nitrogens is 1. The first-order valence-electron chi connectivity index (χ1n) is 8.71. The number of nitrogens with zero attached hydrogens (tertiary/aromatic N) is 3. The van der Waals surface area contributed by atoms with Crippen LogP contribution in [-0.2, 0) is 4.79 Å². The third-order valence-corrected chi connectivity index (χ3v) is 4.86. The molecule has 2 N–H and O–H groups in total. The van der Waals surface area contributed by atoms with Crippen LogP contribution in [-0.4, -0.2) is 56.8 Å². The third-order valence-electron chi connectivity index (χ3n) is 4.86. The maximum Gasteiger partial charge on any atom is 0.328 e. The molecule has 0 bridgehead atoms. The molecule has 8 heteroatoms. The molecule has 0 radical (unpaired) electrons. The van der Waals surface area contributed by atoms with Crippen molar-refractivity contribution in [1.29, 1.82) is 0 Å². The van der Waals surface area contributed by atoms with E-state index in [1.165, 1.54) is 0 Å². The fourth-order valence-electron chi connectivity index (χ4n) is 3.57. The largest absolute Gasteiger partial charge is 0.494 e. The first-order valence-corrected chi connectivity index (χ1v) is 8.71. The molecule has 26 heavy (non-hydrogen) atoms. The maximum absolute atomic E-state index is 12.2. The summed E-state index contributed by atoms with van der Waals surface area (Å²) in [6.07, 6.45) is 3.69. The molecule has 2 saturated heterocycles. The van der Waals surface area contributed by atoms with Crippen molar-refractivity contribution in [2.45, 2.75) is 6.42 Å². The van der Waals surface area contributed by atoms with Gasteiger partial charge in [0.1, 0.15) is 0 Å². The molecule has 2 aliphatic rings. The monoisotopic (exact) mass is 355 g/mol. The Morgan fingerprint density at radius 1 is 1.04 bits per heavy atom. The van der Waals surface area contributed by atoms with Crippen molar-refractivity contribution in [3.63, 3.8) is 0 Å². The van der Waals surface area contributed by atoms with Gasteiger partial charge in [0, 0.05) is 56.1 Å². The molecule has 0 unspecified atom stereocenters. The molecule has 3 heterocycles. The second-order valence-electron chi connectivity index (χ2n) is 6.36. The zero-order valence-corrected chi connectivity index (χ0v) is 14.6. The lowest BCUT2D eigenvalue weighted by molar-refractivity contribution is -0.120. The summed E-state index contributed by atoms with van der Waals surface area (Å²) in [5.74, 6) is 0.505.